The molecule has 3 aliphatic rings. The zero-order chi connectivity index (χ0) is 17.1. The molecule has 3 rings (SSSR count). The second kappa shape index (κ2) is 7.53. The van der Waals surface area contributed by atoms with Crippen LogP contribution < -0.4 is 5.32 Å². The summed E-state index contributed by atoms with van der Waals surface area (Å²) in [6.07, 6.45) is 6.93. The fourth-order valence-corrected chi connectivity index (χ4v) is 3.76. The van der Waals surface area contributed by atoms with Gasteiger partial charge in [0.15, 0.2) is 0 Å². The first-order valence-electron chi connectivity index (χ1n) is 9.44. The molecule has 3 amide bonds. The number of rotatable bonds is 4. The third-order valence-corrected chi connectivity index (χ3v) is 5.43. The summed E-state index contributed by atoms with van der Waals surface area (Å²) >= 11 is 0. The number of piperidine rings is 2. The van der Waals surface area contributed by atoms with Gasteiger partial charge < -0.3 is 15.1 Å². The van der Waals surface area contributed by atoms with Crippen LogP contribution in [-0.4, -0.2) is 59.7 Å². The van der Waals surface area contributed by atoms with Crippen molar-refractivity contribution in [3.8, 4) is 0 Å². The Morgan fingerprint density at radius 3 is 2.21 bits per heavy atom. The van der Waals surface area contributed by atoms with Crippen molar-refractivity contribution in [2.24, 2.45) is 11.8 Å². The SMILES string of the molecule is CC(NC(=O)C1CCCN(C(=O)C2CC2)C1)C(=O)N1CCCCC1. The summed E-state index contributed by atoms with van der Waals surface area (Å²) in [5.41, 5.74) is 0. The van der Waals surface area contributed by atoms with E-state index in [1.54, 1.807) is 6.92 Å². The van der Waals surface area contributed by atoms with Crippen LogP contribution in [0.15, 0.2) is 0 Å². The molecule has 6 nitrogen and oxygen atoms in total. The lowest BCUT2D eigenvalue weighted by Crippen LogP contribution is -2.52. The summed E-state index contributed by atoms with van der Waals surface area (Å²) in [7, 11) is 0. The van der Waals surface area contributed by atoms with Gasteiger partial charge in [-0.15, -0.1) is 0 Å². The molecule has 6 heteroatoms. The molecule has 0 aromatic heterocycles. The van der Waals surface area contributed by atoms with Crippen molar-refractivity contribution in [2.45, 2.75) is 57.9 Å². The molecule has 0 aromatic carbocycles. The first-order chi connectivity index (χ1) is 11.6. The van der Waals surface area contributed by atoms with Crippen LogP contribution in [0.25, 0.3) is 0 Å². The zero-order valence-corrected chi connectivity index (χ0v) is 14.6. The fourth-order valence-electron chi connectivity index (χ4n) is 3.76. The van der Waals surface area contributed by atoms with Gasteiger partial charge in [-0.3, -0.25) is 14.4 Å². The number of carbonyl (C=O) groups is 3. The first kappa shape index (κ1) is 17.2. The van der Waals surface area contributed by atoms with E-state index in [1.807, 2.05) is 9.80 Å². The molecule has 134 valence electrons. The normalized spacial score (nSPS) is 26.0. The number of carbonyl (C=O) groups excluding carboxylic acids is 3. The molecule has 0 spiro atoms. The molecule has 2 saturated heterocycles. The molecule has 0 aromatic rings. The Kier molecular flexibility index (Phi) is 5.41. The third-order valence-electron chi connectivity index (χ3n) is 5.43. The van der Waals surface area contributed by atoms with Crippen LogP contribution in [-0.2, 0) is 14.4 Å². The van der Waals surface area contributed by atoms with Gasteiger partial charge in [0.05, 0.1) is 5.92 Å². The topological polar surface area (TPSA) is 69.7 Å². The number of nitrogens with zero attached hydrogens (tertiary/aromatic N) is 2. The van der Waals surface area contributed by atoms with Crippen molar-refractivity contribution in [3.63, 3.8) is 0 Å². The summed E-state index contributed by atoms with van der Waals surface area (Å²) < 4.78 is 0. The third kappa shape index (κ3) is 4.08. The summed E-state index contributed by atoms with van der Waals surface area (Å²) in [6, 6.07) is -0.481. The standard InChI is InChI=1S/C18H29N3O3/c1-13(17(23)20-9-3-2-4-10-20)19-16(22)15-6-5-11-21(12-15)18(24)14-7-8-14/h13-15H,2-12H2,1H3,(H,19,22). The monoisotopic (exact) mass is 335 g/mol. The van der Waals surface area contributed by atoms with E-state index < -0.39 is 6.04 Å². The molecular weight excluding hydrogens is 306 g/mol. The molecule has 2 heterocycles. The van der Waals surface area contributed by atoms with Gasteiger partial charge in [-0.1, -0.05) is 0 Å². The van der Waals surface area contributed by atoms with Crippen molar-refractivity contribution >= 4 is 17.7 Å². The molecule has 24 heavy (non-hydrogen) atoms. The van der Waals surface area contributed by atoms with Gasteiger partial charge in [0.1, 0.15) is 6.04 Å². The summed E-state index contributed by atoms with van der Waals surface area (Å²) in [6.45, 7) is 4.64. The van der Waals surface area contributed by atoms with E-state index in [0.717, 1.165) is 58.2 Å². The van der Waals surface area contributed by atoms with Gasteiger partial charge >= 0.3 is 0 Å². The maximum Gasteiger partial charge on any atom is 0.244 e. The number of nitrogens with one attached hydrogen (secondary N) is 1. The molecular formula is C18H29N3O3. The molecule has 1 saturated carbocycles. The Morgan fingerprint density at radius 2 is 1.54 bits per heavy atom. The highest BCUT2D eigenvalue weighted by Gasteiger charge is 2.37. The lowest BCUT2D eigenvalue weighted by molar-refractivity contribution is -0.140. The van der Waals surface area contributed by atoms with E-state index in [-0.39, 0.29) is 29.6 Å². The van der Waals surface area contributed by atoms with Crippen molar-refractivity contribution in [1.29, 1.82) is 0 Å². The van der Waals surface area contributed by atoms with Crippen LogP contribution in [0, 0.1) is 11.8 Å². The second-order valence-corrected chi connectivity index (χ2v) is 7.51. The Hall–Kier alpha value is -1.59. The van der Waals surface area contributed by atoms with Crippen molar-refractivity contribution < 1.29 is 14.4 Å². The molecule has 0 bridgehead atoms. The average Bonchev–Trinajstić information content (AvgIpc) is 3.46. The number of hydrogen-bond acceptors (Lipinski definition) is 3. The Balaban J connectivity index is 1.49. The minimum Gasteiger partial charge on any atom is -0.344 e. The van der Waals surface area contributed by atoms with E-state index >= 15 is 0 Å². The maximum atomic E-state index is 12.5. The Morgan fingerprint density at radius 1 is 0.875 bits per heavy atom. The van der Waals surface area contributed by atoms with E-state index in [0.29, 0.717) is 6.54 Å². The molecule has 2 unspecified atom stereocenters. The lowest BCUT2D eigenvalue weighted by Gasteiger charge is -2.33. The number of amides is 3. The van der Waals surface area contributed by atoms with Crippen LogP contribution in [0.5, 0.6) is 0 Å². The molecule has 1 N–H and O–H groups in total. The minimum atomic E-state index is -0.481. The van der Waals surface area contributed by atoms with Crippen LogP contribution in [0.2, 0.25) is 0 Å². The van der Waals surface area contributed by atoms with Gasteiger partial charge in [0.2, 0.25) is 17.7 Å². The van der Waals surface area contributed by atoms with Crippen LogP contribution in [0.4, 0.5) is 0 Å². The summed E-state index contributed by atoms with van der Waals surface area (Å²) in [4.78, 5) is 40.9. The van der Waals surface area contributed by atoms with E-state index in [1.165, 1.54) is 6.42 Å². The largest absolute Gasteiger partial charge is 0.344 e. The predicted octanol–water partition coefficient (Wildman–Crippen LogP) is 1.15. The molecule has 1 aliphatic carbocycles. The highest BCUT2D eigenvalue weighted by molar-refractivity contribution is 5.89. The highest BCUT2D eigenvalue weighted by Crippen LogP contribution is 2.32. The summed E-state index contributed by atoms with van der Waals surface area (Å²) in [5, 5.41) is 2.88. The smallest absolute Gasteiger partial charge is 0.244 e. The van der Waals surface area contributed by atoms with Gasteiger partial charge in [-0.05, 0) is 51.9 Å². The maximum absolute atomic E-state index is 12.5. The predicted molar refractivity (Wildman–Crippen MR) is 90.1 cm³/mol. The molecule has 2 atom stereocenters. The van der Waals surface area contributed by atoms with Crippen LogP contribution in [0.1, 0.15) is 51.9 Å². The highest BCUT2D eigenvalue weighted by atomic mass is 16.2. The van der Waals surface area contributed by atoms with Gasteiger partial charge in [-0.25, -0.2) is 0 Å². The average molecular weight is 335 g/mol. The zero-order valence-electron chi connectivity index (χ0n) is 14.6. The van der Waals surface area contributed by atoms with Gasteiger partial charge in [0, 0.05) is 32.1 Å². The van der Waals surface area contributed by atoms with Crippen molar-refractivity contribution in [2.75, 3.05) is 26.2 Å². The quantitative estimate of drug-likeness (QED) is 0.838. The van der Waals surface area contributed by atoms with Crippen LogP contribution >= 0.6 is 0 Å². The second-order valence-electron chi connectivity index (χ2n) is 7.51. The Labute approximate surface area is 143 Å². The number of hydrogen-bond donors (Lipinski definition) is 1. The van der Waals surface area contributed by atoms with Crippen molar-refractivity contribution in [3.05, 3.63) is 0 Å². The van der Waals surface area contributed by atoms with E-state index in [2.05, 4.69) is 5.32 Å². The van der Waals surface area contributed by atoms with Crippen molar-refractivity contribution in [1.82, 2.24) is 15.1 Å². The Bertz CT molecular complexity index is 498. The van der Waals surface area contributed by atoms with E-state index in [9.17, 15) is 14.4 Å². The summed E-state index contributed by atoms with van der Waals surface area (Å²) in [5.74, 6) is 0.167. The van der Waals surface area contributed by atoms with Gasteiger partial charge in [0.25, 0.3) is 0 Å². The van der Waals surface area contributed by atoms with Gasteiger partial charge in [-0.2, -0.15) is 0 Å². The molecule has 0 radical (unpaired) electrons. The number of likely N-dealkylation sites (tertiary alicyclic amines) is 2. The lowest BCUT2D eigenvalue weighted by atomic mass is 9.96. The fraction of sp³-hybridized carbons (Fsp3) is 0.833. The molecule has 3 fully saturated rings. The van der Waals surface area contributed by atoms with E-state index in [4.69, 9.17) is 0 Å². The van der Waals surface area contributed by atoms with Crippen LogP contribution in [0.3, 0.4) is 0 Å². The molecule has 2 aliphatic heterocycles. The minimum absolute atomic E-state index is 0.0183. The first-order valence-corrected chi connectivity index (χ1v) is 9.44.